The van der Waals surface area contributed by atoms with Crippen LogP contribution in [0.5, 0.6) is 0 Å². The van der Waals surface area contributed by atoms with E-state index in [4.69, 9.17) is 5.26 Å². The molecule has 4 bridgehead atoms. The molecule has 2 heteroatoms. The van der Waals surface area contributed by atoms with E-state index in [1.54, 1.807) is 0 Å². The highest BCUT2D eigenvalue weighted by molar-refractivity contribution is 5.05. The summed E-state index contributed by atoms with van der Waals surface area (Å²) in [6.45, 7) is 0. The summed E-state index contributed by atoms with van der Waals surface area (Å²) < 4.78 is 0. The molecule has 0 heterocycles. The smallest absolute Gasteiger partial charge is 0.0669 e. The minimum atomic E-state index is 0.0139. The van der Waals surface area contributed by atoms with Gasteiger partial charge in [0.2, 0.25) is 0 Å². The van der Waals surface area contributed by atoms with Crippen LogP contribution in [-0.2, 0) is 0 Å². The third-order valence-corrected chi connectivity index (χ3v) is 5.24. The SMILES string of the molecule is N#CCC(C#N)C1C2CC3CC(C2)CC1C3. The van der Waals surface area contributed by atoms with Gasteiger partial charge in [-0.3, -0.25) is 0 Å². The van der Waals surface area contributed by atoms with E-state index < -0.39 is 0 Å². The zero-order valence-corrected chi connectivity index (χ0v) is 9.60. The van der Waals surface area contributed by atoms with Crippen LogP contribution in [-0.4, -0.2) is 0 Å². The Hall–Kier alpha value is -1.02. The fourth-order valence-corrected chi connectivity index (χ4v) is 4.99. The molecule has 1 atom stereocenters. The molecule has 0 aromatic rings. The van der Waals surface area contributed by atoms with Crippen molar-refractivity contribution < 1.29 is 0 Å². The summed E-state index contributed by atoms with van der Waals surface area (Å²) in [7, 11) is 0. The zero-order chi connectivity index (χ0) is 11.1. The van der Waals surface area contributed by atoms with Crippen LogP contribution in [0, 0.1) is 58.2 Å². The lowest BCUT2D eigenvalue weighted by Gasteiger charge is -2.55. The Morgan fingerprint density at radius 2 is 1.50 bits per heavy atom. The molecule has 0 aromatic carbocycles. The maximum Gasteiger partial charge on any atom is 0.0669 e. The first kappa shape index (κ1) is 10.2. The van der Waals surface area contributed by atoms with Gasteiger partial charge in [0.25, 0.3) is 0 Å². The second-order valence-corrected chi connectivity index (χ2v) is 6.11. The van der Waals surface area contributed by atoms with Crippen LogP contribution in [0.4, 0.5) is 0 Å². The molecule has 0 radical (unpaired) electrons. The first-order valence-corrected chi connectivity index (χ1v) is 6.58. The Bertz CT molecular complexity index is 332. The molecule has 4 rings (SSSR count). The number of nitrogens with zero attached hydrogens (tertiary/aromatic N) is 2. The lowest BCUT2D eigenvalue weighted by Crippen LogP contribution is -2.47. The molecule has 16 heavy (non-hydrogen) atoms. The maximum absolute atomic E-state index is 9.24. The quantitative estimate of drug-likeness (QED) is 0.709. The largest absolute Gasteiger partial charge is 0.198 e. The molecular weight excluding hydrogens is 196 g/mol. The van der Waals surface area contributed by atoms with Gasteiger partial charge >= 0.3 is 0 Å². The van der Waals surface area contributed by atoms with Crippen LogP contribution < -0.4 is 0 Å². The summed E-state index contributed by atoms with van der Waals surface area (Å²) in [6.07, 6.45) is 7.30. The Labute approximate surface area is 97.3 Å². The lowest BCUT2D eigenvalue weighted by atomic mass is 9.49. The summed E-state index contributed by atoms with van der Waals surface area (Å²) in [4.78, 5) is 0. The van der Waals surface area contributed by atoms with Crippen molar-refractivity contribution >= 4 is 0 Å². The van der Waals surface area contributed by atoms with E-state index in [9.17, 15) is 5.26 Å². The summed E-state index contributed by atoms with van der Waals surface area (Å²) in [5.41, 5.74) is 0. The van der Waals surface area contributed by atoms with Crippen molar-refractivity contribution in [3.8, 4) is 12.1 Å². The van der Waals surface area contributed by atoms with Gasteiger partial charge in [-0.05, 0) is 61.7 Å². The van der Waals surface area contributed by atoms with E-state index in [2.05, 4.69) is 12.1 Å². The highest BCUT2D eigenvalue weighted by Crippen LogP contribution is 2.58. The highest BCUT2D eigenvalue weighted by Gasteiger charge is 2.50. The minimum Gasteiger partial charge on any atom is -0.198 e. The van der Waals surface area contributed by atoms with Gasteiger partial charge in [0.15, 0.2) is 0 Å². The monoisotopic (exact) mass is 214 g/mol. The fourth-order valence-electron chi connectivity index (χ4n) is 4.99. The van der Waals surface area contributed by atoms with Crippen molar-refractivity contribution in [2.45, 2.75) is 38.5 Å². The predicted molar refractivity (Wildman–Crippen MR) is 59.9 cm³/mol. The summed E-state index contributed by atoms with van der Waals surface area (Å²) in [6, 6.07) is 4.61. The Morgan fingerprint density at radius 1 is 0.938 bits per heavy atom. The molecule has 4 saturated carbocycles. The van der Waals surface area contributed by atoms with Crippen LogP contribution in [0.15, 0.2) is 0 Å². The first-order valence-electron chi connectivity index (χ1n) is 6.58. The van der Waals surface area contributed by atoms with Crippen molar-refractivity contribution in [1.29, 1.82) is 10.5 Å². The molecular formula is C14H18N2. The van der Waals surface area contributed by atoms with Gasteiger partial charge in [0.1, 0.15) is 0 Å². The molecule has 0 spiro atoms. The van der Waals surface area contributed by atoms with E-state index >= 15 is 0 Å². The van der Waals surface area contributed by atoms with Crippen molar-refractivity contribution in [3.63, 3.8) is 0 Å². The van der Waals surface area contributed by atoms with Gasteiger partial charge in [-0.25, -0.2) is 0 Å². The maximum atomic E-state index is 9.24. The molecule has 4 fully saturated rings. The zero-order valence-electron chi connectivity index (χ0n) is 9.60. The third-order valence-electron chi connectivity index (χ3n) is 5.24. The Balaban J connectivity index is 1.81. The summed E-state index contributed by atoms with van der Waals surface area (Å²) in [5.74, 6) is 4.03. The molecule has 84 valence electrons. The summed E-state index contributed by atoms with van der Waals surface area (Å²) >= 11 is 0. The lowest BCUT2D eigenvalue weighted by molar-refractivity contribution is -0.0515. The van der Waals surface area contributed by atoms with Crippen LogP contribution in [0.25, 0.3) is 0 Å². The van der Waals surface area contributed by atoms with Crippen LogP contribution in [0.2, 0.25) is 0 Å². The second-order valence-electron chi connectivity index (χ2n) is 6.11. The van der Waals surface area contributed by atoms with Crippen molar-refractivity contribution in [2.24, 2.45) is 35.5 Å². The minimum absolute atomic E-state index is 0.0139. The molecule has 0 amide bonds. The number of nitriles is 2. The molecule has 2 nitrogen and oxygen atoms in total. The topological polar surface area (TPSA) is 47.6 Å². The van der Waals surface area contributed by atoms with Gasteiger partial charge in [-0.2, -0.15) is 10.5 Å². The van der Waals surface area contributed by atoms with E-state index in [0.717, 1.165) is 23.7 Å². The third kappa shape index (κ3) is 1.44. The van der Waals surface area contributed by atoms with Crippen LogP contribution in [0.1, 0.15) is 38.5 Å². The number of hydrogen-bond acceptors (Lipinski definition) is 2. The van der Waals surface area contributed by atoms with Gasteiger partial charge in [0.05, 0.1) is 24.5 Å². The van der Waals surface area contributed by atoms with Crippen molar-refractivity contribution in [1.82, 2.24) is 0 Å². The van der Waals surface area contributed by atoms with E-state index in [1.807, 2.05) is 0 Å². The summed E-state index contributed by atoms with van der Waals surface area (Å²) in [5, 5.41) is 18.1. The van der Waals surface area contributed by atoms with E-state index in [1.165, 1.54) is 32.1 Å². The second kappa shape index (κ2) is 3.77. The predicted octanol–water partition coefficient (Wildman–Crippen LogP) is 3.11. The van der Waals surface area contributed by atoms with Gasteiger partial charge in [0, 0.05) is 0 Å². The standard InChI is InChI=1S/C14H18N2/c15-2-1-11(8-16)14-12-4-9-3-10(6-12)7-13(14)5-9/h9-14H,1,3-7H2. The Kier molecular flexibility index (Phi) is 2.40. The van der Waals surface area contributed by atoms with Crippen LogP contribution in [0.3, 0.4) is 0 Å². The normalized spacial score (nSPS) is 46.0. The van der Waals surface area contributed by atoms with Gasteiger partial charge in [-0.1, -0.05) is 0 Å². The molecule has 1 unspecified atom stereocenters. The highest BCUT2D eigenvalue weighted by atomic mass is 14.5. The first-order chi connectivity index (χ1) is 7.81. The Morgan fingerprint density at radius 3 is 1.94 bits per heavy atom. The van der Waals surface area contributed by atoms with Gasteiger partial charge in [-0.15, -0.1) is 0 Å². The molecule has 0 aliphatic heterocycles. The number of hydrogen-bond donors (Lipinski definition) is 0. The van der Waals surface area contributed by atoms with E-state index in [0.29, 0.717) is 12.3 Å². The molecule has 4 aliphatic carbocycles. The van der Waals surface area contributed by atoms with Gasteiger partial charge < -0.3 is 0 Å². The number of rotatable bonds is 2. The van der Waals surface area contributed by atoms with Crippen molar-refractivity contribution in [3.05, 3.63) is 0 Å². The average Bonchev–Trinajstić information content (AvgIpc) is 2.26. The fraction of sp³-hybridized carbons (Fsp3) is 0.857. The molecule has 0 aromatic heterocycles. The molecule has 4 aliphatic rings. The molecule has 0 saturated heterocycles. The van der Waals surface area contributed by atoms with Crippen LogP contribution >= 0.6 is 0 Å². The van der Waals surface area contributed by atoms with E-state index in [-0.39, 0.29) is 5.92 Å². The average molecular weight is 214 g/mol. The molecule has 0 N–H and O–H groups in total. The van der Waals surface area contributed by atoms with Crippen molar-refractivity contribution in [2.75, 3.05) is 0 Å².